The number of nitriles is 1. The zero-order valence-electron chi connectivity index (χ0n) is 11.1. The first kappa shape index (κ1) is 13.8. The summed E-state index contributed by atoms with van der Waals surface area (Å²) in [6.45, 7) is 1.55. The second kappa shape index (κ2) is 5.19. The van der Waals surface area contributed by atoms with Crippen LogP contribution in [0, 0.1) is 11.3 Å². The van der Waals surface area contributed by atoms with Crippen LogP contribution in [0.5, 0.6) is 0 Å². The Morgan fingerprint density at radius 3 is 2.50 bits per heavy atom. The van der Waals surface area contributed by atoms with E-state index in [2.05, 4.69) is 4.74 Å². The first-order valence-corrected chi connectivity index (χ1v) is 5.90. The number of furan rings is 1. The second-order valence-corrected chi connectivity index (χ2v) is 4.42. The largest absolute Gasteiger partial charge is 0.463 e. The van der Waals surface area contributed by atoms with Gasteiger partial charge in [0.2, 0.25) is 5.76 Å². The normalized spacial score (nSPS) is 13.3. The molecule has 1 aromatic heterocycles. The van der Waals surface area contributed by atoms with Crippen molar-refractivity contribution in [2.45, 2.75) is 12.5 Å². The van der Waals surface area contributed by atoms with Gasteiger partial charge in [0.15, 0.2) is 0 Å². The van der Waals surface area contributed by atoms with Crippen LogP contribution < -0.4 is 0 Å². The van der Waals surface area contributed by atoms with Crippen LogP contribution in [0.4, 0.5) is 0 Å². The van der Waals surface area contributed by atoms with Crippen molar-refractivity contribution in [3.8, 4) is 6.07 Å². The Morgan fingerprint density at radius 2 is 1.95 bits per heavy atom. The van der Waals surface area contributed by atoms with Gasteiger partial charge in [0.25, 0.3) is 0 Å². The van der Waals surface area contributed by atoms with E-state index in [0.717, 1.165) is 0 Å². The zero-order valence-corrected chi connectivity index (χ0v) is 11.1. The van der Waals surface area contributed by atoms with Gasteiger partial charge in [-0.25, -0.2) is 4.79 Å². The van der Waals surface area contributed by atoms with Gasteiger partial charge in [-0.15, -0.1) is 0 Å². The molecular formula is C15H13NO4. The monoisotopic (exact) mass is 271 g/mol. The van der Waals surface area contributed by atoms with Gasteiger partial charge in [-0.3, -0.25) is 0 Å². The van der Waals surface area contributed by atoms with Crippen LogP contribution in [0.2, 0.25) is 0 Å². The van der Waals surface area contributed by atoms with Crippen molar-refractivity contribution < 1.29 is 19.1 Å². The summed E-state index contributed by atoms with van der Waals surface area (Å²) in [6, 6.07) is 11.5. The van der Waals surface area contributed by atoms with Crippen LogP contribution in [-0.2, 0) is 10.3 Å². The average Bonchev–Trinajstić information content (AvgIpc) is 2.97. The lowest BCUT2D eigenvalue weighted by Gasteiger charge is -2.21. The molecule has 0 saturated heterocycles. The molecule has 20 heavy (non-hydrogen) atoms. The molecule has 1 N–H and O–H groups in total. The molecule has 1 unspecified atom stereocenters. The fourth-order valence-electron chi connectivity index (χ4n) is 1.82. The SMILES string of the molecule is COC(=O)c1ccc(C(C)(O)c2ccc(C#N)cc2)o1. The number of aliphatic hydroxyl groups is 1. The molecule has 0 aliphatic carbocycles. The Kier molecular flexibility index (Phi) is 3.59. The van der Waals surface area contributed by atoms with E-state index in [4.69, 9.17) is 9.68 Å². The lowest BCUT2D eigenvalue weighted by atomic mass is 9.93. The zero-order chi connectivity index (χ0) is 14.8. The van der Waals surface area contributed by atoms with Crippen molar-refractivity contribution in [1.82, 2.24) is 0 Å². The van der Waals surface area contributed by atoms with Crippen LogP contribution >= 0.6 is 0 Å². The van der Waals surface area contributed by atoms with Crippen LogP contribution in [0.1, 0.15) is 34.4 Å². The number of rotatable bonds is 3. The molecule has 0 radical (unpaired) electrons. The molecule has 0 aliphatic heterocycles. The van der Waals surface area contributed by atoms with Crippen molar-refractivity contribution in [2.75, 3.05) is 7.11 Å². The van der Waals surface area contributed by atoms with E-state index < -0.39 is 11.6 Å². The molecular weight excluding hydrogens is 258 g/mol. The molecule has 0 amide bonds. The third-order valence-electron chi connectivity index (χ3n) is 3.05. The maximum atomic E-state index is 11.3. The first-order valence-electron chi connectivity index (χ1n) is 5.90. The number of hydrogen-bond acceptors (Lipinski definition) is 5. The fraction of sp³-hybridized carbons (Fsp3) is 0.200. The summed E-state index contributed by atoms with van der Waals surface area (Å²) in [7, 11) is 1.25. The molecule has 5 heteroatoms. The summed E-state index contributed by atoms with van der Waals surface area (Å²) in [5.41, 5.74) is -0.346. The molecule has 1 aromatic carbocycles. The number of carbonyl (C=O) groups is 1. The minimum absolute atomic E-state index is 0.0245. The van der Waals surface area contributed by atoms with Gasteiger partial charge in [-0.05, 0) is 36.8 Å². The molecule has 0 bridgehead atoms. The number of methoxy groups -OCH3 is 1. The van der Waals surface area contributed by atoms with E-state index in [1.807, 2.05) is 6.07 Å². The summed E-state index contributed by atoms with van der Waals surface area (Å²) >= 11 is 0. The van der Waals surface area contributed by atoms with E-state index in [0.29, 0.717) is 11.1 Å². The summed E-state index contributed by atoms with van der Waals surface area (Å²) < 4.78 is 9.87. The third kappa shape index (κ3) is 2.42. The standard InChI is InChI=1S/C15H13NO4/c1-15(18,11-5-3-10(9-16)4-6-11)13-8-7-12(20-13)14(17)19-2/h3-8,18H,1-2H3. The van der Waals surface area contributed by atoms with Crippen molar-refractivity contribution in [2.24, 2.45) is 0 Å². The Hall–Kier alpha value is -2.58. The predicted molar refractivity (Wildman–Crippen MR) is 69.9 cm³/mol. The maximum absolute atomic E-state index is 11.3. The van der Waals surface area contributed by atoms with E-state index in [1.165, 1.54) is 19.2 Å². The molecule has 1 heterocycles. The third-order valence-corrected chi connectivity index (χ3v) is 3.05. The topological polar surface area (TPSA) is 83.5 Å². The molecule has 1 atom stereocenters. The highest BCUT2D eigenvalue weighted by Gasteiger charge is 2.30. The smallest absolute Gasteiger partial charge is 0.373 e. The number of esters is 1. The number of hydrogen-bond donors (Lipinski definition) is 1. The lowest BCUT2D eigenvalue weighted by molar-refractivity contribution is 0.0522. The summed E-state index contributed by atoms with van der Waals surface area (Å²) in [5, 5.41) is 19.3. The average molecular weight is 271 g/mol. The molecule has 2 aromatic rings. The van der Waals surface area contributed by atoms with Crippen molar-refractivity contribution >= 4 is 5.97 Å². The van der Waals surface area contributed by atoms with Crippen molar-refractivity contribution in [3.63, 3.8) is 0 Å². The highest BCUT2D eigenvalue weighted by atomic mass is 16.5. The molecule has 0 saturated carbocycles. The number of benzene rings is 1. The lowest BCUT2D eigenvalue weighted by Crippen LogP contribution is -2.22. The minimum atomic E-state index is -1.40. The summed E-state index contributed by atoms with van der Waals surface area (Å²) in [5.74, 6) is -0.356. The number of nitrogens with zero attached hydrogens (tertiary/aromatic N) is 1. The Bertz CT molecular complexity index is 662. The summed E-state index contributed by atoms with van der Waals surface area (Å²) in [6.07, 6.45) is 0. The van der Waals surface area contributed by atoms with Gasteiger partial charge in [0.05, 0.1) is 18.7 Å². The molecule has 5 nitrogen and oxygen atoms in total. The van der Waals surface area contributed by atoms with Crippen LogP contribution in [-0.4, -0.2) is 18.2 Å². The van der Waals surface area contributed by atoms with E-state index in [1.54, 1.807) is 31.2 Å². The van der Waals surface area contributed by atoms with E-state index >= 15 is 0 Å². The predicted octanol–water partition coefficient (Wildman–Crippen LogP) is 2.19. The van der Waals surface area contributed by atoms with Gasteiger partial charge in [-0.2, -0.15) is 5.26 Å². The molecule has 0 fully saturated rings. The summed E-state index contributed by atoms with van der Waals surface area (Å²) in [4.78, 5) is 11.3. The number of carbonyl (C=O) groups excluding carboxylic acids is 1. The molecule has 102 valence electrons. The van der Waals surface area contributed by atoms with Crippen molar-refractivity contribution in [3.05, 3.63) is 59.0 Å². The highest BCUT2D eigenvalue weighted by Crippen LogP contribution is 2.30. The maximum Gasteiger partial charge on any atom is 0.373 e. The van der Waals surface area contributed by atoms with Gasteiger partial charge < -0.3 is 14.3 Å². The van der Waals surface area contributed by atoms with Gasteiger partial charge in [-0.1, -0.05) is 12.1 Å². The number of ether oxygens (including phenoxy) is 1. The van der Waals surface area contributed by atoms with Gasteiger partial charge in [0, 0.05) is 0 Å². The Balaban J connectivity index is 2.36. The first-order chi connectivity index (χ1) is 9.48. The van der Waals surface area contributed by atoms with Gasteiger partial charge in [0.1, 0.15) is 11.4 Å². The Labute approximate surface area is 116 Å². The van der Waals surface area contributed by atoms with Crippen molar-refractivity contribution in [1.29, 1.82) is 5.26 Å². The molecule has 2 rings (SSSR count). The minimum Gasteiger partial charge on any atom is -0.463 e. The van der Waals surface area contributed by atoms with Gasteiger partial charge >= 0.3 is 5.97 Å². The van der Waals surface area contributed by atoms with Crippen LogP contribution in [0.3, 0.4) is 0 Å². The molecule has 0 aliphatic rings. The van der Waals surface area contributed by atoms with E-state index in [9.17, 15) is 9.90 Å². The van der Waals surface area contributed by atoms with Crippen LogP contribution in [0.15, 0.2) is 40.8 Å². The fourth-order valence-corrected chi connectivity index (χ4v) is 1.82. The van der Waals surface area contributed by atoms with Crippen LogP contribution in [0.25, 0.3) is 0 Å². The second-order valence-electron chi connectivity index (χ2n) is 4.42. The quantitative estimate of drug-likeness (QED) is 0.865. The molecule has 0 spiro atoms. The van der Waals surface area contributed by atoms with E-state index in [-0.39, 0.29) is 11.5 Å². The Morgan fingerprint density at radius 1 is 1.30 bits per heavy atom. The highest BCUT2D eigenvalue weighted by molar-refractivity contribution is 5.86.